The molecule has 0 aliphatic rings. The minimum atomic E-state index is 0. The average molecular weight is 662 g/mol. The molecule has 0 aromatic heterocycles. The van der Waals surface area contributed by atoms with Crippen molar-refractivity contribution in [2.24, 2.45) is 0 Å². The van der Waals surface area contributed by atoms with Crippen molar-refractivity contribution < 1.29 is 65.3 Å². The summed E-state index contributed by atoms with van der Waals surface area (Å²) in [5.74, 6) is 0. The molecule has 0 atom stereocenters. The van der Waals surface area contributed by atoms with Gasteiger partial charge >= 0.3 is 34.1 Å². The molecule has 0 amide bonds. The third-order valence-corrected chi connectivity index (χ3v) is 0. The molecule has 0 rings (SSSR count). The summed E-state index contributed by atoms with van der Waals surface area (Å²) in [6.45, 7) is 57.0. The van der Waals surface area contributed by atoms with Crippen molar-refractivity contribution in [2.75, 3.05) is 0 Å². The second-order valence-electron chi connectivity index (χ2n) is 0. The van der Waals surface area contributed by atoms with Gasteiger partial charge in [0, 0.05) is 31.1 Å². The summed E-state index contributed by atoms with van der Waals surface area (Å²) in [7, 11) is 0. The standard InChI is InChI=1S/12CN.2Fe.U/c12*1-2;;;/q12*-1;2*+3;. The van der Waals surface area contributed by atoms with Gasteiger partial charge in [-0.3, -0.25) is 0 Å². The molecule has 0 saturated heterocycles. The van der Waals surface area contributed by atoms with Crippen LogP contribution in [0, 0.1) is 173 Å². The van der Waals surface area contributed by atoms with Crippen molar-refractivity contribution in [2.45, 2.75) is 0 Å². The van der Waals surface area contributed by atoms with E-state index in [1.165, 1.54) is 0 Å². The molecule has 2 radical (unpaired) electrons. The van der Waals surface area contributed by atoms with Crippen LogP contribution in [0.25, 0.3) is 0 Å². The van der Waals surface area contributed by atoms with E-state index < -0.39 is 0 Å². The molecule has 0 aliphatic heterocycles. The summed E-state index contributed by atoms with van der Waals surface area (Å²) in [5, 5.41) is 75.0. The first-order valence-corrected chi connectivity index (χ1v) is 2.68. The van der Waals surface area contributed by atoms with E-state index >= 15 is 0 Å². The summed E-state index contributed by atoms with van der Waals surface area (Å²) < 4.78 is 0. The van der Waals surface area contributed by atoms with E-state index in [2.05, 4.69) is 0 Å². The first-order valence-electron chi connectivity index (χ1n) is 2.68. The Morgan fingerprint density at radius 1 is 0.185 bits per heavy atom. The molecule has 0 fully saturated rings. The topological polar surface area (TPSA) is 285 Å². The molecule has 0 bridgehead atoms. The van der Waals surface area contributed by atoms with E-state index in [1.54, 1.807) is 0 Å². The van der Waals surface area contributed by atoms with E-state index in [1.807, 2.05) is 0 Å². The first-order chi connectivity index (χ1) is 12.0. The van der Waals surface area contributed by atoms with Crippen molar-refractivity contribution in [1.82, 2.24) is 0 Å². The van der Waals surface area contributed by atoms with E-state index in [9.17, 15) is 0 Å². The van der Waals surface area contributed by atoms with Crippen molar-refractivity contribution >= 4 is 0 Å². The monoisotopic (exact) mass is 662 g/mol. The van der Waals surface area contributed by atoms with Gasteiger partial charge in [-0.15, -0.1) is 0 Å². The van der Waals surface area contributed by atoms with Crippen LogP contribution in [-0.2, 0) is 34.1 Å². The van der Waals surface area contributed by atoms with Crippen molar-refractivity contribution in [3.05, 3.63) is 78.9 Å². The third kappa shape index (κ3) is 540. The Labute approximate surface area is 206 Å². The SMILES string of the molecule is [C-]#N.[C-]#N.[C-]#N.[C-]#N.[C-]#N.[C-]#N.[C-]#N.[C-]#N.[C-]#N.[C-]#N.[C-]#N.[C-]#N.[Fe+3].[Fe+3].[U]. The predicted octanol–water partition coefficient (Wildman–Crippen LogP) is 1.15. The van der Waals surface area contributed by atoms with E-state index in [-0.39, 0.29) is 65.3 Å². The van der Waals surface area contributed by atoms with Crippen molar-refractivity contribution in [3.63, 3.8) is 0 Å². The van der Waals surface area contributed by atoms with Crippen LogP contribution in [0.2, 0.25) is 0 Å². The van der Waals surface area contributed by atoms with Gasteiger partial charge in [0.05, 0.1) is 0 Å². The van der Waals surface area contributed by atoms with Crippen LogP contribution in [0.1, 0.15) is 0 Å². The molecule has 0 N–H and O–H groups in total. The minimum Gasteiger partial charge on any atom is -0.512 e. The van der Waals surface area contributed by atoms with E-state index in [0.717, 1.165) is 0 Å². The van der Waals surface area contributed by atoms with Crippen LogP contribution >= 0.6 is 0 Å². The molecule has 0 aliphatic carbocycles. The fraction of sp³-hybridized carbons (Fsp3) is 0. The minimum absolute atomic E-state index is 0. The van der Waals surface area contributed by atoms with Gasteiger partial charge in [-0.05, 0) is 0 Å². The first kappa shape index (κ1) is 175. The van der Waals surface area contributed by atoms with Crippen LogP contribution in [0.15, 0.2) is 0 Å². The number of rotatable bonds is 0. The largest absolute Gasteiger partial charge is 3.00 e. The quantitative estimate of drug-likeness (QED) is 0.261. The Balaban J connectivity index is -0.00000000443. The van der Waals surface area contributed by atoms with Crippen LogP contribution < -0.4 is 0 Å². The van der Waals surface area contributed by atoms with Gasteiger partial charge in [0.1, 0.15) is 0 Å². The maximum Gasteiger partial charge on any atom is 3.00 e. The molecule has 0 unspecified atom stereocenters. The fourth-order valence-electron chi connectivity index (χ4n) is 0. The molecule has 12 nitrogen and oxygen atoms in total. The second kappa shape index (κ2) is 595. The van der Waals surface area contributed by atoms with Crippen molar-refractivity contribution in [1.29, 1.82) is 63.1 Å². The Morgan fingerprint density at radius 3 is 0.185 bits per heavy atom. The summed E-state index contributed by atoms with van der Waals surface area (Å²) in [6, 6.07) is 0. The normalized spacial score (nSPS) is 0.889. The number of nitrogens with zero attached hydrogens (tertiary/aromatic N) is 12. The number of hydrogen-bond acceptors (Lipinski definition) is 12. The Kier molecular flexibility index (Phi) is 3850. The average Bonchev–Trinajstić information content (AvgIpc) is 2.84. The van der Waals surface area contributed by atoms with Crippen molar-refractivity contribution in [3.8, 4) is 0 Å². The predicted molar refractivity (Wildman–Crippen MR) is 59.6 cm³/mol. The molecule has 0 aromatic rings. The van der Waals surface area contributed by atoms with Crippen LogP contribution in [0.3, 0.4) is 0 Å². The maximum absolute atomic E-state index is 6.25. The third-order valence-electron chi connectivity index (χ3n) is 0. The summed E-state index contributed by atoms with van der Waals surface area (Å²) >= 11 is 0. The Morgan fingerprint density at radius 2 is 0.185 bits per heavy atom. The second-order valence-corrected chi connectivity index (χ2v) is 0. The molecular formula is C12Fe2N12U-6. The summed E-state index contributed by atoms with van der Waals surface area (Å²) in [4.78, 5) is 0. The van der Waals surface area contributed by atoms with Gasteiger partial charge in [-0.2, -0.15) is 0 Å². The summed E-state index contributed by atoms with van der Waals surface area (Å²) in [5.41, 5.74) is 0. The Hall–Kier alpha value is -4.03. The molecule has 0 spiro atoms. The molecule has 0 aromatic carbocycles. The molecule has 27 heavy (non-hydrogen) atoms. The molecule has 0 heterocycles. The van der Waals surface area contributed by atoms with E-state index in [4.69, 9.17) is 142 Å². The molecule has 0 saturated carbocycles. The fourth-order valence-corrected chi connectivity index (χ4v) is 0. The molecular weight excluding hydrogens is 662 g/mol. The summed E-state index contributed by atoms with van der Waals surface area (Å²) in [6.07, 6.45) is 0. The van der Waals surface area contributed by atoms with Gasteiger partial charge in [0.25, 0.3) is 0 Å². The van der Waals surface area contributed by atoms with Crippen LogP contribution in [-0.4, -0.2) is 0 Å². The molecule has 15 heteroatoms. The zero-order valence-corrected chi connectivity index (χ0v) is 18.9. The van der Waals surface area contributed by atoms with E-state index in [0.29, 0.717) is 0 Å². The Bertz CT molecular complexity index is 226. The van der Waals surface area contributed by atoms with Gasteiger partial charge in [0.15, 0.2) is 0 Å². The number of hydrogen-bond donors (Lipinski definition) is 0. The molecule has 134 valence electrons. The van der Waals surface area contributed by atoms with Crippen LogP contribution in [0.4, 0.5) is 0 Å². The van der Waals surface area contributed by atoms with Gasteiger partial charge < -0.3 is 142 Å². The zero-order valence-electron chi connectivity index (χ0n) is 12.6. The van der Waals surface area contributed by atoms with Gasteiger partial charge in [0.2, 0.25) is 0 Å². The smallest absolute Gasteiger partial charge is 0.512 e. The van der Waals surface area contributed by atoms with Crippen LogP contribution in [0.5, 0.6) is 0 Å². The van der Waals surface area contributed by atoms with Gasteiger partial charge in [-0.25, -0.2) is 0 Å². The maximum atomic E-state index is 6.25. The zero-order chi connectivity index (χ0) is 24.0. The van der Waals surface area contributed by atoms with Gasteiger partial charge in [-0.1, -0.05) is 0 Å².